The Labute approximate surface area is 581 Å². The quantitative estimate of drug-likeness (QED) is 0.0222. The van der Waals surface area contributed by atoms with Crippen molar-refractivity contribution in [2.45, 2.75) is 155 Å². The van der Waals surface area contributed by atoms with Gasteiger partial charge in [0.2, 0.25) is 5.72 Å². The van der Waals surface area contributed by atoms with E-state index in [0.717, 1.165) is 95.2 Å². The van der Waals surface area contributed by atoms with Gasteiger partial charge in [-0.2, -0.15) is 8.42 Å². The van der Waals surface area contributed by atoms with Gasteiger partial charge in [-0.15, -0.1) is 0 Å². The Morgan fingerprint density at radius 2 is 1.61 bits per heavy atom. The number of aryl methyl sites for hydroxylation is 2. The Bertz CT molecular complexity index is 4670. The van der Waals surface area contributed by atoms with Crippen molar-refractivity contribution in [2.24, 2.45) is 69.7 Å². The van der Waals surface area contributed by atoms with Gasteiger partial charge in [-0.05, 0) is 239 Å². The predicted molar refractivity (Wildman–Crippen MR) is 386 cm³/mol. The van der Waals surface area contributed by atoms with E-state index in [2.05, 4.69) is 158 Å². The van der Waals surface area contributed by atoms with Crippen molar-refractivity contribution in [2.75, 3.05) is 13.7 Å². The molecule has 12 aliphatic rings. The maximum atomic E-state index is 14.9. The molecule has 19 rings (SSSR count). The summed E-state index contributed by atoms with van der Waals surface area (Å²) < 4.78 is 56.6. The summed E-state index contributed by atoms with van der Waals surface area (Å²) in [5.41, 5.74) is 26.1. The first-order chi connectivity index (χ1) is 48.0. The third-order valence-corrected chi connectivity index (χ3v) is 27.1. The first-order valence-electron chi connectivity index (χ1n) is 36.4. The molecule has 19 unspecified atom stereocenters. The molecular formula is C85H90N4O9S. The zero-order valence-corrected chi connectivity index (χ0v) is 57.2. The second-order valence-corrected chi connectivity index (χ2v) is 32.7. The van der Waals surface area contributed by atoms with Crippen molar-refractivity contribution in [3.63, 3.8) is 0 Å². The van der Waals surface area contributed by atoms with Crippen molar-refractivity contribution in [3.05, 3.63) is 241 Å². The van der Waals surface area contributed by atoms with Gasteiger partial charge in [0.15, 0.2) is 5.96 Å². The van der Waals surface area contributed by atoms with E-state index in [1.54, 1.807) is 12.1 Å². The van der Waals surface area contributed by atoms with Crippen LogP contribution in [0.4, 0.5) is 0 Å². The van der Waals surface area contributed by atoms with Crippen LogP contribution in [0.15, 0.2) is 168 Å². The molecule has 99 heavy (non-hydrogen) atoms. The van der Waals surface area contributed by atoms with Crippen LogP contribution in [0.2, 0.25) is 0 Å². The number of fused-ring (bicyclic) bond motifs is 9. The van der Waals surface area contributed by atoms with Crippen LogP contribution in [0.5, 0.6) is 11.5 Å². The highest BCUT2D eigenvalue weighted by Crippen LogP contribution is 2.66. The fraction of sp³-hybridized carbons (Fsp3) is 0.424. The molecule has 19 atom stereocenters. The third kappa shape index (κ3) is 10.9. The van der Waals surface area contributed by atoms with E-state index in [1.165, 1.54) is 33.0 Å². The summed E-state index contributed by atoms with van der Waals surface area (Å²) in [6.45, 7) is 2.83. The van der Waals surface area contributed by atoms with Crippen LogP contribution >= 0.6 is 0 Å². The zero-order chi connectivity index (χ0) is 67.8. The fourth-order valence-electron chi connectivity index (χ4n) is 21.6. The molecule has 0 aromatic heterocycles. The minimum Gasteiger partial charge on any atom is -0.508 e. The molecule has 510 valence electrons. The van der Waals surface area contributed by atoms with Crippen LogP contribution in [0.1, 0.15) is 178 Å². The van der Waals surface area contributed by atoms with E-state index in [-0.39, 0.29) is 84.1 Å². The van der Waals surface area contributed by atoms with Gasteiger partial charge >= 0.3 is 0 Å². The Kier molecular flexibility index (Phi) is 16.3. The van der Waals surface area contributed by atoms with Crippen LogP contribution in [0.25, 0.3) is 16.8 Å². The van der Waals surface area contributed by atoms with Crippen molar-refractivity contribution in [3.8, 4) is 23.3 Å². The summed E-state index contributed by atoms with van der Waals surface area (Å²) in [7, 11) is -2.74. The van der Waals surface area contributed by atoms with Crippen molar-refractivity contribution in [1.29, 1.82) is 0 Å². The van der Waals surface area contributed by atoms with Gasteiger partial charge in [-0.3, -0.25) is 4.55 Å². The molecule has 14 heteroatoms. The molecule has 0 radical (unpaired) electrons. The largest absolute Gasteiger partial charge is 0.508 e. The van der Waals surface area contributed by atoms with Gasteiger partial charge < -0.3 is 46.7 Å². The number of aliphatic hydroxyl groups excluding tert-OH is 2. The summed E-state index contributed by atoms with van der Waals surface area (Å²) in [4.78, 5) is 5.48. The molecule has 2 saturated carbocycles. The maximum Gasteiger partial charge on any atom is 0.268 e. The van der Waals surface area contributed by atoms with Crippen molar-refractivity contribution >= 4 is 32.9 Å². The highest BCUT2D eigenvalue weighted by molar-refractivity contribution is 7.86. The normalized spacial score (nSPS) is 33.6. The Morgan fingerprint density at radius 1 is 0.798 bits per heavy atom. The lowest BCUT2D eigenvalue weighted by atomic mass is 9.44. The van der Waals surface area contributed by atoms with Crippen LogP contribution < -0.4 is 21.5 Å². The molecule has 7 aromatic rings. The Balaban J connectivity index is 0.808. The molecule has 1 saturated heterocycles. The number of phenols is 1. The molecule has 13 nitrogen and oxygen atoms in total. The molecule has 0 amide bonds. The number of nitrogens with one attached hydrogen (secondary N) is 1. The highest BCUT2D eigenvalue weighted by Gasteiger charge is 2.66. The van der Waals surface area contributed by atoms with Gasteiger partial charge in [0.05, 0.1) is 23.1 Å². The van der Waals surface area contributed by atoms with E-state index in [1.807, 2.05) is 25.2 Å². The number of phenolic OH excluding ortho intramolecular Hbond substituents is 1. The first-order valence-corrected chi connectivity index (χ1v) is 37.9. The molecule has 14 bridgehead atoms. The SMILES string of the molecule is CNCc1cc2cccc3c2c2c1CCc1cc(C4CCC5C6C=CC4C5(O)C(Cc4ccccc4)C(C4(N=C(N)N)Oc5ccc7c(c5)CCC(C)C7CC(S(=O)(=O)O)C5C=C7CC(CC8CC(CO)CC#Cc9cc(O)ccc9C7O8)C5c5ccc4cc5)C6)ccc1C(O)C2C=C3. The highest BCUT2D eigenvalue weighted by atomic mass is 32.2. The van der Waals surface area contributed by atoms with E-state index < -0.39 is 62.6 Å². The standard InChI is InChI=1S/C85H90N4O9S/c1-47-14-15-55-40-63-25-30-65(55)71(47)44-77(99(94,95)96)72-42-59-38-58(41-64-34-49(46-90)10-6-12-52-39-62(91)24-29-69(52)82(59)97-64)78(72)51-16-22-61(23-17-51)85(98-63,89-83(86)87)76-43-56-21-32-74-66(31-33-73(56)84(74,93)75(76)35-48-8-4-3-5-9-48)53-20-27-68-54(36-53)19-26-67-60(45-88-2)37-57-13-7-11-50-18-28-70(81(68)92)80(67)79(50)57/h3-5,7-9,11,13,16-18,20-25,27-30,32,36-37,39-40,42,47,49,56,58,64,66,70-78,81-82,88,90-93H,10,14-15,19,26,31,33-35,38,41,43-46H2,1-2H3,(H4,86,87,89)(H,94,95,96). The monoisotopic (exact) mass is 1340 g/mol. The second kappa shape index (κ2) is 25.0. The second-order valence-electron chi connectivity index (χ2n) is 31.1. The average Bonchev–Trinajstić information content (AvgIpc) is 0.814. The summed E-state index contributed by atoms with van der Waals surface area (Å²) in [6, 6.07) is 45.8. The lowest BCUT2D eigenvalue weighted by Gasteiger charge is -2.63. The van der Waals surface area contributed by atoms with Gasteiger partial charge in [0.1, 0.15) is 17.6 Å². The topological polar surface area (TPSA) is 230 Å². The number of nitrogens with two attached hydrogens (primary N) is 2. The lowest BCUT2D eigenvalue weighted by Crippen LogP contribution is -2.67. The molecule has 10 N–H and O–H groups in total. The summed E-state index contributed by atoms with van der Waals surface area (Å²) in [6.07, 6.45) is 17.6. The summed E-state index contributed by atoms with van der Waals surface area (Å²) in [5.74, 6) is 3.61. The van der Waals surface area contributed by atoms with Gasteiger partial charge in [-0.25, -0.2) is 4.99 Å². The summed E-state index contributed by atoms with van der Waals surface area (Å²) >= 11 is 0. The maximum absolute atomic E-state index is 14.9. The van der Waals surface area contributed by atoms with Gasteiger partial charge in [-0.1, -0.05) is 152 Å². The molecule has 7 aliphatic carbocycles. The van der Waals surface area contributed by atoms with E-state index >= 15 is 0 Å². The number of hydrogen-bond donors (Lipinski definition) is 8. The fourth-order valence-corrected chi connectivity index (χ4v) is 22.7. The molecule has 5 heterocycles. The van der Waals surface area contributed by atoms with Crippen LogP contribution in [-0.2, 0) is 52.8 Å². The molecule has 7 aromatic carbocycles. The van der Waals surface area contributed by atoms with Crippen molar-refractivity contribution in [1.82, 2.24) is 5.32 Å². The average molecular weight is 1340 g/mol. The van der Waals surface area contributed by atoms with Gasteiger partial charge in [0, 0.05) is 65.9 Å². The number of aliphatic imine (C=N–C) groups is 1. The number of hydrogen-bond acceptors (Lipinski definition) is 10. The number of guanidine groups is 1. The van der Waals surface area contributed by atoms with Crippen LogP contribution in [-0.4, -0.2) is 70.0 Å². The minimum atomic E-state index is -4.74. The number of aromatic hydroxyl groups is 1. The lowest BCUT2D eigenvalue weighted by molar-refractivity contribution is -0.213. The van der Waals surface area contributed by atoms with Crippen LogP contribution in [0, 0.1) is 65.1 Å². The van der Waals surface area contributed by atoms with Crippen LogP contribution in [0.3, 0.4) is 0 Å². The third-order valence-electron chi connectivity index (χ3n) is 25.9. The molecule has 3 fully saturated rings. The smallest absolute Gasteiger partial charge is 0.268 e. The number of rotatable bonds is 9. The molecule has 0 spiro atoms. The Morgan fingerprint density at radius 3 is 2.41 bits per heavy atom. The van der Waals surface area contributed by atoms with E-state index in [4.69, 9.17) is 25.9 Å². The number of aliphatic hydroxyl groups is 3. The molecular weight excluding hydrogens is 1250 g/mol. The number of allylic oxidation sites excluding steroid dienone is 2. The summed E-state index contributed by atoms with van der Waals surface area (Å²) in [5, 5.41) is 54.1. The van der Waals surface area contributed by atoms with Crippen molar-refractivity contribution < 1.29 is 42.9 Å². The number of benzene rings is 7. The predicted octanol–water partition coefficient (Wildman–Crippen LogP) is 13.6. The molecule has 5 aliphatic heterocycles. The number of nitrogens with zero attached hydrogens (tertiary/aromatic N) is 1. The van der Waals surface area contributed by atoms with E-state index in [0.29, 0.717) is 55.4 Å². The van der Waals surface area contributed by atoms with E-state index in [9.17, 15) is 33.4 Å². The number of ether oxygens (including phenoxy) is 2. The minimum absolute atomic E-state index is 0.0617. The van der Waals surface area contributed by atoms with Gasteiger partial charge in [0.25, 0.3) is 10.1 Å². The Hall–Kier alpha value is -7.84. The zero-order valence-electron chi connectivity index (χ0n) is 56.4. The first kappa shape index (κ1) is 64.5.